The van der Waals surface area contributed by atoms with Gasteiger partial charge in [-0.3, -0.25) is 9.59 Å². The molecule has 5 N–H and O–H groups in total. The van der Waals surface area contributed by atoms with E-state index >= 15 is 0 Å². The molecule has 6 aromatic rings. The zero-order valence-electron chi connectivity index (χ0n) is 30.8. The van der Waals surface area contributed by atoms with Gasteiger partial charge in [-0.05, 0) is 48.2 Å². The molecule has 0 aliphatic carbocycles. The largest absolute Gasteiger partial charge is 0.431 e. The van der Waals surface area contributed by atoms with Gasteiger partial charge in [-0.2, -0.15) is 0 Å². The van der Waals surface area contributed by atoms with Gasteiger partial charge in [-0.1, -0.05) is 121 Å². The Balaban J connectivity index is 0.984. The smallest absolute Gasteiger partial charge is 0.256 e. The quantitative estimate of drug-likeness (QED) is 0.0455. The van der Waals surface area contributed by atoms with Gasteiger partial charge < -0.3 is 35.4 Å². The molecule has 0 unspecified atom stereocenters. The van der Waals surface area contributed by atoms with Gasteiger partial charge in [-0.25, -0.2) is 4.98 Å². The van der Waals surface area contributed by atoms with Gasteiger partial charge in [0.2, 0.25) is 11.8 Å². The molecule has 11 heteroatoms. The van der Waals surface area contributed by atoms with E-state index in [1.54, 1.807) is 12.1 Å². The van der Waals surface area contributed by atoms with Crippen LogP contribution < -0.4 is 16.4 Å². The highest BCUT2D eigenvalue weighted by Gasteiger charge is 2.33. The third-order valence-electron chi connectivity index (χ3n) is 9.46. The Kier molecular flexibility index (Phi) is 12.9. The van der Waals surface area contributed by atoms with Crippen molar-refractivity contribution >= 4 is 40.6 Å². The average Bonchev–Trinajstić information content (AvgIpc) is 3.68. The molecular formula is C45H44N4O6S. The van der Waals surface area contributed by atoms with Gasteiger partial charge >= 0.3 is 0 Å². The van der Waals surface area contributed by atoms with Crippen molar-refractivity contribution in [1.29, 1.82) is 0 Å². The minimum atomic E-state index is -0.664. The number of ether oxygens (including phenoxy) is 2. The number of para-hydroxylation sites is 2. The van der Waals surface area contributed by atoms with Gasteiger partial charge in [-0.15, -0.1) is 0 Å². The van der Waals surface area contributed by atoms with E-state index in [0.29, 0.717) is 53.7 Å². The number of amides is 2. The Morgan fingerprint density at radius 1 is 0.732 bits per heavy atom. The van der Waals surface area contributed by atoms with E-state index in [2.05, 4.69) is 10.6 Å². The van der Waals surface area contributed by atoms with Crippen molar-refractivity contribution in [1.82, 2.24) is 4.98 Å². The second-order valence-electron chi connectivity index (χ2n) is 13.6. The maximum Gasteiger partial charge on any atom is 0.256 e. The second kappa shape index (κ2) is 18.7. The van der Waals surface area contributed by atoms with Gasteiger partial charge in [0.25, 0.3) is 5.22 Å². The molecule has 1 aromatic heterocycles. The van der Waals surface area contributed by atoms with Gasteiger partial charge in [0, 0.05) is 47.4 Å². The Morgan fingerprint density at radius 2 is 1.36 bits per heavy atom. The summed E-state index contributed by atoms with van der Waals surface area (Å²) in [7, 11) is 0. The fourth-order valence-corrected chi connectivity index (χ4v) is 7.31. The second-order valence-corrected chi connectivity index (χ2v) is 14.5. The van der Waals surface area contributed by atoms with Crippen LogP contribution >= 0.6 is 11.8 Å². The van der Waals surface area contributed by atoms with Crippen LogP contribution in [0.25, 0.3) is 22.6 Å². The van der Waals surface area contributed by atoms with Gasteiger partial charge in [0.15, 0.2) is 12.1 Å². The Bertz CT molecular complexity index is 2140. The molecule has 286 valence electrons. The number of nitrogens with zero attached hydrogens (tertiary/aromatic N) is 1. The van der Waals surface area contributed by atoms with Crippen molar-refractivity contribution in [3.05, 3.63) is 150 Å². The molecule has 56 heavy (non-hydrogen) atoms. The van der Waals surface area contributed by atoms with Crippen LogP contribution in [0.4, 0.5) is 17.1 Å². The summed E-state index contributed by atoms with van der Waals surface area (Å²) in [6, 6.07) is 42.4. The number of oxazole rings is 1. The zero-order valence-corrected chi connectivity index (χ0v) is 31.6. The first kappa shape index (κ1) is 38.6. The summed E-state index contributed by atoms with van der Waals surface area (Å²) in [5.41, 5.74) is 13.0. The lowest BCUT2D eigenvalue weighted by Gasteiger charge is -2.36. The van der Waals surface area contributed by atoms with Crippen molar-refractivity contribution in [3.8, 4) is 22.6 Å². The molecule has 0 saturated carbocycles. The number of hydrogen-bond acceptors (Lipinski definition) is 9. The first-order chi connectivity index (χ1) is 27.4. The van der Waals surface area contributed by atoms with Crippen LogP contribution in [0.3, 0.4) is 0 Å². The predicted molar refractivity (Wildman–Crippen MR) is 220 cm³/mol. The molecule has 2 heterocycles. The number of carbonyl (C=O) groups excluding carboxylic acids is 2. The molecule has 1 saturated heterocycles. The van der Waals surface area contributed by atoms with Crippen molar-refractivity contribution in [2.45, 2.75) is 62.4 Å². The van der Waals surface area contributed by atoms with Crippen LogP contribution in [0.5, 0.6) is 0 Å². The molecule has 0 bridgehead atoms. The molecule has 3 atom stereocenters. The van der Waals surface area contributed by atoms with Gasteiger partial charge in [0.1, 0.15) is 5.69 Å². The number of aliphatic hydroxyl groups is 1. The number of aromatic nitrogens is 1. The zero-order chi connectivity index (χ0) is 38.7. The summed E-state index contributed by atoms with van der Waals surface area (Å²) in [5, 5.41) is 15.9. The molecule has 0 spiro atoms. The topological polar surface area (TPSA) is 149 Å². The lowest BCUT2D eigenvalue weighted by Crippen LogP contribution is -2.31. The lowest BCUT2D eigenvalue weighted by molar-refractivity contribution is -0.245. The van der Waals surface area contributed by atoms with Crippen molar-refractivity contribution in [2.75, 3.05) is 22.1 Å². The monoisotopic (exact) mass is 768 g/mol. The number of nitrogen functional groups attached to an aromatic ring is 1. The van der Waals surface area contributed by atoms with Crippen LogP contribution in [0.2, 0.25) is 0 Å². The fraction of sp³-hybridized carbons (Fsp3) is 0.222. The molecule has 5 aromatic carbocycles. The molecular weight excluding hydrogens is 725 g/mol. The molecule has 1 fully saturated rings. The normalized spacial score (nSPS) is 16.6. The highest BCUT2D eigenvalue weighted by atomic mass is 32.2. The Morgan fingerprint density at radius 3 is 2.04 bits per heavy atom. The fourth-order valence-electron chi connectivity index (χ4n) is 6.47. The van der Waals surface area contributed by atoms with E-state index in [-0.39, 0.29) is 37.0 Å². The molecule has 0 radical (unpaired) electrons. The van der Waals surface area contributed by atoms with Crippen molar-refractivity contribution in [2.24, 2.45) is 0 Å². The highest BCUT2D eigenvalue weighted by Crippen LogP contribution is 2.41. The first-order valence-corrected chi connectivity index (χ1v) is 19.7. The number of benzene rings is 5. The van der Waals surface area contributed by atoms with Crippen LogP contribution in [0, 0.1) is 0 Å². The Hall–Kier alpha value is -5.72. The minimum absolute atomic E-state index is 0.0341. The number of hydrogen-bond donors (Lipinski definition) is 4. The maximum absolute atomic E-state index is 12.7. The number of carbonyl (C=O) groups is 2. The Labute approximate surface area is 330 Å². The third kappa shape index (κ3) is 10.1. The first-order valence-electron chi connectivity index (χ1n) is 18.7. The molecule has 1 aliphatic rings. The number of unbranched alkanes of at least 4 members (excludes halogenated alkanes) is 1. The van der Waals surface area contributed by atoms with Gasteiger partial charge in [0.05, 0.1) is 30.2 Å². The lowest BCUT2D eigenvalue weighted by atomic mass is 10.0. The number of rotatable bonds is 15. The number of nitrogens with two attached hydrogens (primary N) is 1. The third-order valence-corrected chi connectivity index (χ3v) is 10.4. The maximum atomic E-state index is 12.7. The van der Waals surface area contributed by atoms with E-state index in [1.165, 1.54) is 11.8 Å². The number of aliphatic hydroxyl groups excluding tert-OH is 1. The summed E-state index contributed by atoms with van der Waals surface area (Å²) in [6.07, 6.45) is 1.20. The predicted octanol–water partition coefficient (Wildman–Crippen LogP) is 9.56. The minimum Gasteiger partial charge on any atom is -0.431 e. The number of nitrogens with one attached hydrogen (secondary N) is 2. The van der Waals surface area contributed by atoms with E-state index in [4.69, 9.17) is 24.6 Å². The summed E-state index contributed by atoms with van der Waals surface area (Å²) >= 11 is 1.51. The van der Waals surface area contributed by atoms with Crippen LogP contribution in [-0.4, -0.2) is 33.8 Å². The van der Waals surface area contributed by atoms with Crippen molar-refractivity contribution < 1.29 is 28.6 Å². The number of thioether (sulfide) groups is 1. The molecule has 10 nitrogen and oxygen atoms in total. The van der Waals surface area contributed by atoms with E-state index in [1.807, 2.05) is 121 Å². The molecule has 1 aliphatic heterocycles. The van der Waals surface area contributed by atoms with Crippen LogP contribution in [0.15, 0.2) is 143 Å². The van der Waals surface area contributed by atoms with E-state index in [9.17, 15) is 14.7 Å². The highest BCUT2D eigenvalue weighted by molar-refractivity contribution is 7.99. The summed E-state index contributed by atoms with van der Waals surface area (Å²) in [4.78, 5) is 30.0. The number of anilines is 3. The van der Waals surface area contributed by atoms with Crippen molar-refractivity contribution in [3.63, 3.8) is 0 Å². The van der Waals surface area contributed by atoms with E-state index in [0.717, 1.165) is 39.3 Å². The van der Waals surface area contributed by atoms with Crippen LogP contribution in [0.1, 0.15) is 61.2 Å². The summed E-state index contributed by atoms with van der Waals surface area (Å²) in [6.45, 7) is -0.0341. The summed E-state index contributed by atoms with van der Waals surface area (Å²) in [5.74, 6) is 1.03. The SMILES string of the molecule is Nc1ccccc1NC(=O)CCCCC(=O)Nc1ccc([C@@H]2O[C@H](CSc3nc(-c4ccccc4)c(-c4ccccc4)o3)C[C@H](c3ccc(CO)cc3)O2)cc1. The average molecular weight is 769 g/mol. The molecule has 2 amide bonds. The standard InChI is InChI=1S/C45H44N4O6S/c46-37-15-7-8-16-38(37)48-41(52)18-10-9-17-40(51)47-35-25-23-34(24-26-35)44-53-36(27-39(54-44)31-21-19-30(28-50)20-22-31)29-56-45-49-42(32-11-3-1-4-12-32)43(55-45)33-13-5-2-6-14-33/h1-8,11-16,19-26,36,39,44,50H,9-10,17-18,27-29,46H2,(H,47,51)(H,48,52)/t36-,39+,44+/m0/s1. The molecule has 7 rings (SSSR count). The summed E-state index contributed by atoms with van der Waals surface area (Å²) < 4.78 is 19.5. The van der Waals surface area contributed by atoms with Crippen LogP contribution in [-0.2, 0) is 25.7 Å². The van der Waals surface area contributed by atoms with E-state index < -0.39 is 6.29 Å².